The summed E-state index contributed by atoms with van der Waals surface area (Å²) in [6.07, 6.45) is -4.67. The third-order valence-electron chi connectivity index (χ3n) is 1.92. The summed E-state index contributed by atoms with van der Waals surface area (Å²) in [6, 6.07) is -0.357. The van der Waals surface area contributed by atoms with E-state index < -0.39 is 35.1 Å². The number of carbonyl (C=O) groups is 1. The fourth-order valence-corrected chi connectivity index (χ4v) is 1.09. The second-order valence-corrected chi connectivity index (χ2v) is 3.05. The van der Waals surface area contributed by atoms with Crippen LogP contribution in [0.3, 0.4) is 0 Å². The second-order valence-electron chi connectivity index (χ2n) is 3.05. The number of rotatable bonds is 2. The zero-order valence-corrected chi connectivity index (χ0v) is 7.75. The van der Waals surface area contributed by atoms with Crippen LogP contribution in [-0.4, -0.2) is 11.1 Å². The molecule has 0 aliphatic rings. The van der Waals surface area contributed by atoms with Gasteiger partial charge in [-0.25, -0.2) is 4.39 Å². The summed E-state index contributed by atoms with van der Waals surface area (Å²) < 4.78 is 49.8. The van der Waals surface area contributed by atoms with E-state index in [0.717, 1.165) is 0 Å². The highest BCUT2D eigenvalue weighted by atomic mass is 19.4. The Morgan fingerprint density at radius 1 is 1.38 bits per heavy atom. The minimum Gasteiger partial charge on any atom is -0.480 e. The van der Waals surface area contributed by atoms with Crippen molar-refractivity contribution in [1.82, 2.24) is 0 Å². The molecule has 0 amide bonds. The maximum atomic E-state index is 13.1. The summed E-state index contributed by atoms with van der Waals surface area (Å²) in [6.45, 7) is 0. The van der Waals surface area contributed by atoms with Gasteiger partial charge in [-0.2, -0.15) is 13.2 Å². The molecule has 0 aliphatic carbocycles. The van der Waals surface area contributed by atoms with Gasteiger partial charge in [-0.15, -0.1) is 0 Å². The molecule has 0 aromatic heterocycles. The number of halogens is 4. The summed E-state index contributed by atoms with van der Waals surface area (Å²) in [7, 11) is 0. The summed E-state index contributed by atoms with van der Waals surface area (Å²) in [4.78, 5) is 10.4. The number of carboxylic acid groups (broad SMARTS) is 1. The predicted octanol–water partition coefficient (Wildman–Crippen LogP) is 1.93. The highest BCUT2D eigenvalue weighted by Gasteiger charge is 2.32. The molecule has 0 radical (unpaired) electrons. The molecule has 1 rings (SSSR count). The van der Waals surface area contributed by atoms with Gasteiger partial charge in [-0.1, -0.05) is 0 Å². The lowest BCUT2D eigenvalue weighted by molar-refractivity contribution is -0.140. The molecule has 7 heteroatoms. The van der Waals surface area contributed by atoms with Gasteiger partial charge in [0.05, 0.1) is 5.56 Å². The van der Waals surface area contributed by atoms with Crippen molar-refractivity contribution in [2.45, 2.75) is 12.2 Å². The third-order valence-corrected chi connectivity index (χ3v) is 1.92. The quantitative estimate of drug-likeness (QED) is 0.772. The van der Waals surface area contributed by atoms with E-state index in [9.17, 15) is 22.4 Å². The van der Waals surface area contributed by atoms with E-state index in [-0.39, 0.29) is 0 Å². The Morgan fingerprint density at radius 2 is 1.94 bits per heavy atom. The van der Waals surface area contributed by atoms with Crippen LogP contribution in [0.25, 0.3) is 0 Å². The first-order chi connectivity index (χ1) is 7.23. The van der Waals surface area contributed by atoms with Crippen molar-refractivity contribution < 1.29 is 27.5 Å². The Bertz CT molecular complexity index is 416. The minimum absolute atomic E-state index is 0.397. The van der Waals surface area contributed by atoms with E-state index in [4.69, 9.17) is 10.8 Å². The van der Waals surface area contributed by atoms with Crippen LogP contribution in [0.5, 0.6) is 0 Å². The number of alkyl halides is 3. The van der Waals surface area contributed by atoms with Gasteiger partial charge in [0.15, 0.2) is 0 Å². The average molecular weight is 237 g/mol. The van der Waals surface area contributed by atoms with Crippen molar-refractivity contribution in [3.05, 3.63) is 35.1 Å². The van der Waals surface area contributed by atoms with E-state index in [1.165, 1.54) is 0 Å². The molecular formula is C9H7F4NO2. The van der Waals surface area contributed by atoms with E-state index in [1.54, 1.807) is 0 Å². The Morgan fingerprint density at radius 3 is 2.38 bits per heavy atom. The Balaban J connectivity index is 3.24. The van der Waals surface area contributed by atoms with Gasteiger partial charge >= 0.3 is 12.1 Å². The summed E-state index contributed by atoms with van der Waals surface area (Å²) in [5.41, 5.74) is 3.21. The molecule has 0 spiro atoms. The Kier molecular flexibility index (Phi) is 3.18. The number of hydrogen-bond acceptors (Lipinski definition) is 2. The van der Waals surface area contributed by atoms with Crippen LogP contribution >= 0.6 is 0 Å². The number of carboxylic acids is 1. The summed E-state index contributed by atoms with van der Waals surface area (Å²) in [5, 5.41) is 8.48. The first kappa shape index (κ1) is 12.4. The molecule has 16 heavy (non-hydrogen) atoms. The van der Waals surface area contributed by atoms with Crippen LogP contribution in [0.2, 0.25) is 0 Å². The molecular weight excluding hydrogens is 230 g/mol. The smallest absolute Gasteiger partial charge is 0.416 e. The number of aliphatic carboxylic acids is 1. The monoisotopic (exact) mass is 237 g/mol. The van der Waals surface area contributed by atoms with Crippen molar-refractivity contribution in [2.75, 3.05) is 0 Å². The molecule has 3 nitrogen and oxygen atoms in total. The molecule has 1 atom stereocenters. The van der Waals surface area contributed by atoms with E-state index in [1.807, 2.05) is 0 Å². The molecule has 88 valence electrons. The first-order valence-electron chi connectivity index (χ1n) is 4.08. The van der Waals surface area contributed by atoms with E-state index in [2.05, 4.69) is 0 Å². The van der Waals surface area contributed by atoms with Crippen LogP contribution in [0.15, 0.2) is 18.2 Å². The third kappa shape index (κ3) is 2.48. The molecule has 1 aromatic rings. The van der Waals surface area contributed by atoms with Crippen molar-refractivity contribution in [3.63, 3.8) is 0 Å². The van der Waals surface area contributed by atoms with E-state index in [0.29, 0.717) is 18.2 Å². The average Bonchev–Trinajstić information content (AvgIpc) is 2.15. The fourth-order valence-electron chi connectivity index (χ4n) is 1.09. The summed E-state index contributed by atoms with van der Waals surface area (Å²) in [5.74, 6) is -2.68. The highest BCUT2D eigenvalue weighted by molar-refractivity contribution is 5.75. The van der Waals surface area contributed by atoms with Crippen LogP contribution in [0.4, 0.5) is 17.6 Å². The number of hydrogen-bond donors (Lipinski definition) is 2. The lowest BCUT2D eigenvalue weighted by Gasteiger charge is -2.12. The SMILES string of the molecule is NC(C(=O)O)c1cc(C(F)(F)F)ccc1F. The van der Waals surface area contributed by atoms with Gasteiger partial charge in [0.1, 0.15) is 11.9 Å². The maximum Gasteiger partial charge on any atom is 0.416 e. The second kappa shape index (κ2) is 4.09. The van der Waals surface area contributed by atoms with Crippen LogP contribution in [-0.2, 0) is 11.0 Å². The molecule has 0 heterocycles. The van der Waals surface area contributed by atoms with Crippen LogP contribution in [0, 0.1) is 5.82 Å². The lowest BCUT2D eigenvalue weighted by atomic mass is 10.0. The van der Waals surface area contributed by atoms with Crippen molar-refractivity contribution >= 4 is 5.97 Å². The zero-order chi connectivity index (χ0) is 12.5. The van der Waals surface area contributed by atoms with Gasteiger partial charge < -0.3 is 10.8 Å². The van der Waals surface area contributed by atoms with Crippen molar-refractivity contribution in [1.29, 1.82) is 0 Å². The molecule has 0 saturated carbocycles. The highest BCUT2D eigenvalue weighted by Crippen LogP contribution is 2.31. The van der Waals surface area contributed by atoms with Crippen LogP contribution < -0.4 is 5.73 Å². The van der Waals surface area contributed by atoms with Gasteiger partial charge in [-0.05, 0) is 18.2 Å². The van der Waals surface area contributed by atoms with E-state index >= 15 is 0 Å². The first-order valence-corrected chi connectivity index (χ1v) is 4.08. The Hall–Kier alpha value is -1.63. The summed E-state index contributed by atoms with van der Waals surface area (Å²) >= 11 is 0. The van der Waals surface area contributed by atoms with Crippen LogP contribution in [0.1, 0.15) is 17.2 Å². The normalized spacial score (nSPS) is 13.6. The maximum absolute atomic E-state index is 13.1. The largest absolute Gasteiger partial charge is 0.480 e. The number of nitrogens with two attached hydrogens (primary N) is 1. The topological polar surface area (TPSA) is 63.3 Å². The lowest BCUT2D eigenvalue weighted by Crippen LogP contribution is -2.22. The van der Waals surface area contributed by atoms with Gasteiger partial charge in [0.2, 0.25) is 0 Å². The number of benzene rings is 1. The van der Waals surface area contributed by atoms with Gasteiger partial charge in [0.25, 0.3) is 0 Å². The molecule has 1 aromatic carbocycles. The zero-order valence-electron chi connectivity index (χ0n) is 7.75. The molecule has 0 saturated heterocycles. The molecule has 0 aliphatic heterocycles. The van der Waals surface area contributed by atoms with Gasteiger partial charge in [0, 0.05) is 5.56 Å². The predicted molar refractivity (Wildman–Crippen MR) is 46.0 cm³/mol. The minimum atomic E-state index is -4.67. The molecule has 0 fully saturated rings. The Labute approximate surface area is 87.5 Å². The van der Waals surface area contributed by atoms with Crippen molar-refractivity contribution in [2.24, 2.45) is 5.73 Å². The van der Waals surface area contributed by atoms with Gasteiger partial charge in [-0.3, -0.25) is 4.79 Å². The fraction of sp³-hybridized carbons (Fsp3) is 0.222. The molecule has 1 unspecified atom stereocenters. The van der Waals surface area contributed by atoms with Crippen molar-refractivity contribution in [3.8, 4) is 0 Å². The standard InChI is InChI=1S/C9H7F4NO2/c10-6-2-1-4(9(11,12)13)3-5(6)7(14)8(15)16/h1-3,7H,14H2,(H,15,16). The molecule has 0 bridgehead atoms. The molecule has 3 N–H and O–H groups in total.